The topological polar surface area (TPSA) is 81.3 Å². The molecule has 2 aromatic heterocycles. The average Bonchev–Trinajstić information content (AvgIpc) is 3.07. The van der Waals surface area contributed by atoms with Gasteiger partial charge in [0.25, 0.3) is 0 Å². The van der Waals surface area contributed by atoms with Gasteiger partial charge in [0.05, 0.1) is 12.7 Å². The van der Waals surface area contributed by atoms with Crippen molar-refractivity contribution >= 4 is 34.6 Å². The van der Waals surface area contributed by atoms with Crippen LogP contribution in [-0.4, -0.2) is 29.0 Å². The van der Waals surface area contributed by atoms with Crippen LogP contribution in [0.5, 0.6) is 0 Å². The molecule has 0 amide bonds. The highest BCUT2D eigenvalue weighted by molar-refractivity contribution is 6.30. The Morgan fingerprint density at radius 1 is 1.21 bits per heavy atom. The van der Waals surface area contributed by atoms with E-state index in [0.29, 0.717) is 16.2 Å². The van der Waals surface area contributed by atoms with E-state index in [4.69, 9.17) is 21.1 Å². The zero-order valence-corrected chi connectivity index (χ0v) is 13.4. The number of nitrogens with zero attached hydrogens (tertiary/aromatic N) is 1. The van der Waals surface area contributed by atoms with Crippen molar-refractivity contribution in [1.29, 1.82) is 0 Å². The Morgan fingerprint density at radius 3 is 2.67 bits per heavy atom. The minimum absolute atomic E-state index is 0.241. The standard InChI is InChI=1S/C17H13ClN2O4/c1-23-17(22)14(10-2-4-13(18)5-3-10)24-16(21)12-8-11-6-7-19-15(11)20-9-12/h2-9,14H,1H3,(H,19,20). The number of esters is 2. The van der Waals surface area contributed by atoms with E-state index in [1.54, 1.807) is 42.6 Å². The number of carbonyl (C=O) groups is 2. The van der Waals surface area contributed by atoms with Gasteiger partial charge in [-0.1, -0.05) is 23.7 Å². The minimum Gasteiger partial charge on any atom is -0.466 e. The predicted octanol–water partition coefficient (Wildman–Crippen LogP) is 3.29. The van der Waals surface area contributed by atoms with Gasteiger partial charge >= 0.3 is 11.9 Å². The molecule has 24 heavy (non-hydrogen) atoms. The summed E-state index contributed by atoms with van der Waals surface area (Å²) in [4.78, 5) is 31.4. The fraction of sp³-hybridized carbons (Fsp3) is 0.118. The summed E-state index contributed by atoms with van der Waals surface area (Å²) in [7, 11) is 1.23. The quantitative estimate of drug-likeness (QED) is 0.734. The molecule has 0 aliphatic rings. The second-order valence-corrected chi connectivity index (χ2v) is 5.44. The maximum atomic E-state index is 12.4. The monoisotopic (exact) mass is 344 g/mol. The number of fused-ring (bicyclic) bond motifs is 1. The Labute approximate surface area is 142 Å². The molecule has 0 radical (unpaired) electrons. The van der Waals surface area contributed by atoms with Crippen molar-refractivity contribution in [2.24, 2.45) is 0 Å². The van der Waals surface area contributed by atoms with Gasteiger partial charge in [-0.25, -0.2) is 14.6 Å². The predicted molar refractivity (Wildman–Crippen MR) is 87.7 cm³/mol. The molecule has 0 aliphatic carbocycles. The summed E-state index contributed by atoms with van der Waals surface area (Å²) in [6.45, 7) is 0. The molecular weight excluding hydrogens is 332 g/mol. The summed E-state index contributed by atoms with van der Waals surface area (Å²) in [5.74, 6) is -1.35. The van der Waals surface area contributed by atoms with Crippen LogP contribution in [0, 0.1) is 0 Å². The van der Waals surface area contributed by atoms with Crippen molar-refractivity contribution in [3.63, 3.8) is 0 Å². The molecule has 0 saturated heterocycles. The zero-order chi connectivity index (χ0) is 17.1. The van der Waals surface area contributed by atoms with Crippen LogP contribution in [0.15, 0.2) is 48.8 Å². The SMILES string of the molecule is COC(=O)C(OC(=O)c1cnc2[nH]ccc2c1)c1ccc(Cl)cc1. The Balaban J connectivity index is 1.87. The number of H-pyrrole nitrogens is 1. The number of rotatable bonds is 4. The molecule has 0 fully saturated rings. The number of carbonyl (C=O) groups excluding carboxylic acids is 2. The van der Waals surface area contributed by atoms with Gasteiger partial charge in [0.15, 0.2) is 0 Å². The van der Waals surface area contributed by atoms with Crippen LogP contribution in [0.3, 0.4) is 0 Å². The van der Waals surface area contributed by atoms with E-state index in [-0.39, 0.29) is 5.56 Å². The third-order valence-electron chi connectivity index (χ3n) is 3.45. The van der Waals surface area contributed by atoms with Gasteiger partial charge in [0.2, 0.25) is 6.10 Å². The van der Waals surface area contributed by atoms with Crippen molar-refractivity contribution in [2.45, 2.75) is 6.10 Å². The normalized spacial score (nSPS) is 11.9. The molecule has 0 aliphatic heterocycles. The van der Waals surface area contributed by atoms with E-state index in [9.17, 15) is 9.59 Å². The molecule has 6 nitrogen and oxygen atoms in total. The van der Waals surface area contributed by atoms with Gasteiger partial charge in [-0.15, -0.1) is 0 Å². The van der Waals surface area contributed by atoms with Crippen molar-refractivity contribution in [3.8, 4) is 0 Å². The first-order valence-corrected chi connectivity index (χ1v) is 7.43. The van der Waals surface area contributed by atoms with Crippen molar-refractivity contribution in [3.05, 3.63) is 64.9 Å². The molecule has 122 valence electrons. The Kier molecular flexibility index (Phi) is 4.48. The molecule has 0 bridgehead atoms. The molecule has 0 saturated carbocycles. The fourth-order valence-corrected chi connectivity index (χ4v) is 2.35. The molecule has 1 unspecified atom stereocenters. The van der Waals surface area contributed by atoms with Gasteiger partial charge in [-0.3, -0.25) is 0 Å². The lowest BCUT2D eigenvalue weighted by molar-refractivity contribution is -0.151. The molecule has 1 aromatic carbocycles. The summed E-state index contributed by atoms with van der Waals surface area (Å²) in [5, 5.41) is 1.28. The number of aromatic amines is 1. The van der Waals surface area contributed by atoms with Crippen LogP contribution in [0.4, 0.5) is 0 Å². The van der Waals surface area contributed by atoms with E-state index in [2.05, 4.69) is 9.97 Å². The zero-order valence-electron chi connectivity index (χ0n) is 12.7. The first-order valence-electron chi connectivity index (χ1n) is 7.06. The summed E-state index contributed by atoms with van der Waals surface area (Å²) >= 11 is 5.84. The summed E-state index contributed by atoms with van der Waals surface area (Å²) in [5.41, 5.74) is 1.37. The van der Waals surface area contributed by atoms with E-state index in [1.807, 2.05) is 0 Å². The van der Waals surface area contributed by atoms with Crippen LogP contribution in [0.2, 0.25) is 5.02 Å². The second-order valence-electron chi connectivity index (χ2n) is 5.00. The molecule has 2 heterocycles. The molecule has 1 atom stereocenters. The third-order valence-corrected chi connectivity index (χ3v) is 3.70. The largest absolute Gasteiger partial charge is 0.466 e. The minimum atomic E-state index is -1.18. The summed E-state index contributed by atoms with van der Waals surface area (Å²) < 4.78 is 10.1. The average molecular weight is 345 g/mol. The van der Waals surface area contributed by atoms with E-state index >= 15 is 0 Å². The van der Waals surface area contributed by atoms with Crippen molar-refractivity contribution in [1.82, 2.24) is 9.97 Å². The molecule has 1 N–H and O–H groups in total. The number of pyridine rings is 1. The highest BCUT2D eigenvalue weighted by Crippen LogP contribution is 2.23. The number of methoxy groups -OCH3 is 1. The van der Waals surface area contributed by atoms with Crippen LogP contribution < -0.4 is 0 Å². The van der Waals surface area contributed by atoms with Gasteiger partial charge in [-0.2, -0.15) is 0 Å². The first kappa shape index (κ1) is 16.0. The van der Waals surface area contributed by atoms with Crippen molar-refractivity contribution in [2.75, 3.05) is 7.11 Å². The van der Waals surface area contributed by atoms with Crippen LogP contribution in [0.1, 0.15) is 22.0 Å². The Hall–Kier alpha value is -2.86. The number of aromatic nitrogens is 2. The van der Waals surface area contributed by atoms with Gasteiger partial charge < -0.3 is 14.5 Å². The second kappa shape index (κ2) is 6.72. The maximum Gasteiger partial charge on any atom is 0.351 e. The van der Waals surface area contributed by atoms with E-state index < -0.39 is 18.0 Å². The number of nitrogens with one attached hydrogen (secondary N) is 1. The highest BCUT2D eigenvalue weighted by atomic mass is 35.5. The first-order chi connectivity index (χ1) is 11.6. The number of hydrogen-bond donors (Lipinski definition) is 1. The lowest BCUT2D eigenvalue weighted by Gasteiger charge is -2.16. The maximum absolute atomic E-state index is 12.4. The molecular formula is C17H13ClN2O4. The van der Waals surface area contributed by atoms with Crippen LogP contribution >= 0.6 is 11.6 Å². The lowest BCUT2D eigenvalue weighted by Crippen LogP contribution is -2.21. The fourth-order valence-electron chi connectivity index (χ4n) is 2.22. The smallest absolute Gasteiger partial charge is 0.351 e. The summed E-state index contributed by atoms with van der Waals surface area (Å²) in [6, 6.07) is 9.84. The van der Waals surface area contributed by atoms with Gasteiger partial charge in [0.1, 0.15) is 5.65 Å². The van der Waals surface area contributed by atoms with Gasteiger partial charge in [0, 0.05) is 28.4 Å². The Bertz CT molecular complexity index is 889. The lowest BCUT2D eigenvalue weighted by atomic mass is 10.1. The number of halogens is 1. The van der Waals surface area contributed by atoms with Gasteiger partial charge in [-0.05, 0) is 24.3 Å². The summed E-state index contributed by atoms with van der Waals surface area (Å²) in [6.07, 6.45) is 1.93. The number of ether oxygens (including phenoxy) is 2. The molecule has 0 spiro atoms. The number of benzene rings is 1. The number of hydrogen-bond acceptors (Lipinski definition) is 5. The van der Waals surface area contributed by atoms with Crippen LogP contribution in [0.25, 0.3) is 11.0 Å². The molecule has 3 aromatic rings. The molecule has 7 heteroatoms. The highest BCUT2D eigenvalue weighted by Gasteiger charge is 2.26. The van der Waals surface area contributed by atoms with E-state index in [1.165, 1.54) is 13.3 Å². The van der Waals surface area contributed by atoms with E-state index in [0.717, 1.165) is 5.39 Å². The Morgan fingerprint density at radius 2 is 1.96 bits per heavy atom. The van der Waals surface area contributed by atoms with Crippen molar-refractivity contribution < 1.29 is 19.1 Å². The third kappa shape index (κ3) is 3.23. The molecule has 3 rings (SSSR count). The van der Waals surface area contributed by atoms with Crippen LogP contribution in [-0.2, 0) is 14.3 Å².